The molecule has 10 aromatic rings. The van der Waals surface area contributed by atoms with Gasteiger partial charge in [-0.05, 0) is 91.0 Å². The fourth-order valence-corrected chi connectivity index (χ4v) is 12.9. The summed E-state index contributed by atoms with van der Waals surface area (Å²) in [7, 11) is 7.34. The summed E-state index contributed by atoms with van der Waals surface area (Å²) in [6.45, 7) is 0. The lowest BCUT2D eigenvalue weighted by Crippen LogP contribution is -2.48. The zero-order chi connectivity index (χ0) is 37.3. The Morgan fingerprint density at radius 3 is 1.35 bits per heavy atom. The standard InChI is InChI=1S/C48H38B4N2S/c49-44-43-38-21-11-13-23-41(38)54(48(43)47(52)46(51)45(44)50)32-26-29-42-39(30-32)37-20-10-12-22-40(37)53(42)31-24-27-36(28-25-31)55(33-14-4-1-5-15-33,34-16-6-2-7-17-34)35-18-8-3-9-19-35/h1-30H,49-52H2. The molecule has 55 heavy (non-hydrogen) atoms. The average molecular weight is 718 g/mol. The largest absolute Gasteiger partial charge is 0.310 e. The van der Waals surface area contributed by atoms with Crippen molar-refractivity contribution >= 4 is 107 Å². The number of hydrogen-bond acceptors (Lipinski definition) is 0. The van der Waals surface area contributed by atoms with E-state index in [2.05, 4.69) is 223 Å². The Hall–Kier alpha value is -6.03. The van der Waals surface area contributed by atoms with E-state index in [1.807, 2.05) is 0 Å². The van der Waals surface area contributed by atoms with Crippen LogP contribution in [-0.2, 0) is 0 Å². The predicted octanol–water partition coefficient (Wildman–Crippen LogP) is 6.26. The van der Waals surface area contributed by atoms with E-state index in [-0.39, 0.29) is 0 Å². The van der Waals surface area contributed by atoms with E-state index in [0.29, 0.717) is 0 Å². The summed E-state index contributed by atoms with van der Waals surface area (Å²) in [6, 6.07) is 67.4. The molecule has 0 radical (unpaired) electrons. The lowest BCUT2D eigenvalue weighted by atomic mass is 9.65. The first kappa shape index (κ1) is 33.5. The van der Waals surface area contributed by atoms with Crippen LogP contribution in [0.3, 0.4) is 0 Å². The molecular formula is C48H38B4N2S. The van der Waals surface area contributed by atoms with Crippen molar-refractivity contribution in [2.24, 2.45) is 0 Å². The number of benzene rings is 8. The lowest BCUT2D eigenvalue weighted by Gasteiger charge is -2.42. The third kappa shape index (κ3) is 4.96. The van der Waals surface area contributed by atoms with Gasteiger partial charge >= 0.3 is 0 Å². The van der Waals surface area contributed by atoms with Crippen molar-refractivity contribution in [1.82, 2.24) is 9.13 Å². The van der Waals surface area contributed by atoms with Gasteiger partial charge in [0.2, 0.25) is 0 Å². The van der Waals surface area contributed by atoms with Crippen LogP contribution in [0.2, 0.25) is 0 Å². The number of fused-ring (bicyclic) bond motifs is 6. The zero-order valence-electron chi connectivity index (χ0n) is 31.6. The zero-order valence-corrected chi connectivity index (χ0v) is 32.4. The van der Waals surface area contributed by atoms with Gasteiger partial charge in [0.05, 0.1) is 16.6 Å². The second-order valence-corrected chi connectivity index (χ2v) is 17.8. The normalized spacial score (nSPS) is 12.2. The molecule has 0 saturated heterocycles. The molecular weight excluding hydrogens is 680 g/mol. The van der Waals surface area contributed by atoms with Crippen LogP contribution in [-0.4, -0.2) is 40.5 Å². The minimum absolute atomic E-state index is 1.15. The Morgan fingerprint density at radius 1 is 0.327 bits per heavy atom. The minimum Gasteiger partial charge on any atom is -0.310 e. The molecule has 0 aliphatic rings. The highest BCUT2D eigenvalue weighted by Crippen LogP contribution is 2.73. The van der Waals surface area contributed by atoms with E-state index in [9.17, 15) is 0 Å². The van der Waals surface area contributed by atoms with Crippen LogP contribution in [0.1, 0.15) is 0 Å². The lowest BCUT2D eigenvalue weighted by molar-refractivity contribution is 1.15. The molecule has 10 rings (SSSR count). The molecule has 0 fully saturated rings. The van der Waals surface area contributed by atoms with Crippen LogP contribution in [0.5, 0.6) is 0 Å². The first-order chi connectivity index (χ1) is 27.0. The van der Waals surface area contributed by atoms with Crippen LogP contribution < -0.4 is 21.9 Å². The highest BCUT2D eigenvalue weighted by atomic mass is 32.3. The molecule has 0 N–H and O–H groups in total. The van der Waals surface area contributed by atoms with Gasteiger partial charge in [0, 0.05) is 58.0 Å². The Morgan fingerprint density at radius 2 is 0.764 bits per heavy atom. The average Bonchev–Trinajstić information content (AvgIpc) is 3.77. The van der Waals surface area contributed by atoms with Crippen molar-refractivity contribution in [1.29, 1.82) is 0 Å². The monoisotopic (exact) mass is 718 g/mol. The van der Waals surface area contributed by atoms with Crippen molar-refractivity contribution in [3.63, 3.8) is 0 Å². The van der Waals surface area contributed by atoms with E-state index in [1.165, 1.54) is 90.7 Å². The maximum atomic E-state index is 2.50. The van der Waals surface area contributed by atoms with Gasteiger partial charge < -0.3 is 9.13 Å². The molecule has 2 aromatic heterocycles. The van der Waals surface area contributed by atoms with Crippen LogP contribution in [0.25, 0.3) is 55.0 Å². The molecule has 258 valence electrons. The Labute approximate surface area is 327 Å². The molecule has 2 heterocycles. The summed E-state index contributed by atoms with van der Waals surface area (Å²) >= 11 is 0. The van der Waals surface area contributed by atoms with E-state index in [0.717, 1.165) is 5.69 Å². The molecule has 0 bridgehead atoms. The van der Waals surface area contributed by atoms with Crippen molar-refractivity contribution in [2.45, 2.75) is 19.6 Å². The van der Waals surface area contributed by atoms with Crippen LogP contribution in [0.4, 0.5) is 0 Å². The Balaban J connectivity index is 1.19. The molecule has 0 unspecified atom stereocenters. The van der Waals surface area contributed by atoms with Crippen LogP contribution >= 0.6 is 10.0 Å². The summed E-state index contributed by atoms with van der Waals surface area (Å²) in [4.78, 5) is 5.28. The fourth-order valence-electron chi connectivity index (χ4n) is 9.04. The molecule has 7 heteroatoms. The SMILES string of the molecule is Bc1c(B)c(B)c2c(c1B)c1ccccc1n2-c1ccc2c(c1)c1ccccc1n2-c1ccc(S(c2ccccc2)(c2ccccc2)c2ccccc2)cc1. The molecule has 0 saturated carbocycles. The second-order valence-electron chi connectivity index (χ2n) is 14.7. The van der Waals surface area contributed by atoms with E-state index in [1.54, 1.807) is 0 Å². The first-order valence-corrected chi connectivity index (χ1v) is 20.7. The van der Waals surface area contributed by atoms with Gasteiger partial charge in [-0.3, -0.25) is 0 Å². The van der Waals surface area contributed by atoms with Gasteiger partial charge in [-0.25, -0.2) is 0 Å². The highest BCUT2D eigenvalue weighted by molar-refractivity contribution is 8.34. The maximum Gasteiger partial charge on any atom is 0.141 e. The molecule has 0 amide bonds. The number of nitrogens with zero attached hydrogens (tertiary/aromatic N) is 2. The Bertz CT molecular complexity index is 2970. The number of para-hydroxylation sites is 2. The Kier molecular flexibility index (Phi) is 7.97. The topological polar surface area (TPSA) is 9.86 Å². The smallest absolute Gasteiger partial charge is 0.141 e. The van der Waals surface area contributed by atoms with Gasteiger partial charge in [0.25, 0.3) is 0 Å². The van der Waals surface area contributed by atoms with Crippen molar-refractivity contribution in [3.05, 3.63) is 182 Å². The highest BCUT2D eigenvalue weighted by Gasteiger charge is 2.33. The molecule has 0 spiro atoms. The van der Waals surface area contributed by atoms with Crippen molar-refractivity contribution in [3.8, 4) is 11.4 Å². The van der Waals surface area contributed by atoms with E-state index < -0.39 is 10.0 Å². The van der Waals surface area contributed by atoms with E-state index in [4.69, 9.17) is 0 Å². The van der Waals surface area contributed by atoms with E-state index >= 15 is 0 Å². The van der Waals surface area contributed by atoms with Gasteiger partial charge in [-0.1, -0.05) is 107 Å². The van der Waals surface area contributed by atoms with Crippen molar-refractivity contribution < 1.29 is 0 Å². The molecule has 0 aliphatic heterocycles. The van der Waals surface area contributed by atoms with Crippen molar-refractivity contribution in [2.75, 3.05) is 0 Å². The van der Waals surface area contributed by atoms with Crippen LogP contribution in [0, 0.1) is 0 Å². The molecule has 2 nitrogen and oxygen atoms in total. The minimum atomic E-state index is -1.77. The molecule has 8 aromatic carbocycles. The molecule has 0 atom stereocenters. The van der Waals surface area contributed by atoms with Gasteiger partial charge in [0.15, 0.2) is 0 Å². The summed E-state index contributed by atoms with van der Waals surface area (Å²) in [6.07, 6.45) is 0. The second kappa shape index (κ2) is 13.1. The van der Waals surface area contributed by atoms with Gasteiger partial charge in [-0.2, -0.15) is 0 Å². The fraction of sp³-hybridized carbons (Fsp3) is 0. The third-order valence-electron chi connectivity index (χ3n) is 11.9. The summed E-state index contributed by atoms with van der Waals surface area (Å²) < 4.78 is 4.94. The third-order valence-corrected chi connectivity index (χ3v) is 15.9. The van der Waals surface area contributed by atoms with Gasteiger partial charge in [0.1, 0.15) is 31.4 Å². The maximum absolute atomic E-state index is 2.50. The van der Waals surface area contributed by atoms with Gasteiger partial charge in [-0.15, -0.1) is 15.5 Å². The summed E-state index contributed by atoms with van der Waals surface area (Å²) in [5, 5.41) is 5.17. The predicted molar refractivity (Wildman–Crippen MR) is 248 cm³/mol. The quantitative estimate of drug-likeness (QED) is 0.180. The van der Waals surface area contributed by atoms with Crippen LogP contribution in [0.15, 0.2) is 202 Å². The first-order valence-electron chi connectivity index (χ1n) is 19.1. The number of aromatic nitrogens is 2. The molecule has 0 aliphatic carbocycles. The number of rotatable bonds is 6. The summed E-state index contributed by atoms with van der Waals surface area (Å²) in [5.74, 6) is 0. The number of hydrogen-bond donors (Lipinski definition) is 0. The summed E-state index contributed by atoms with van der Waals surface area (Å²) in [5.41, 5.74) is 12.8.